The Bertz CT molecular complexity index is 213. The molecule has 1 amide bonds. The first-order valence-electron chi connectivity index (χ1n) is 6.77. The second kappa shape index (κ2) is 8.48. The van der Waals surface area contributed by atoms with E-state index in [1.54, 1.807) is 7.11 Å². The first-order valence-corrected chi connectivity index (χ1v) is 6.77. The third kappa shape index (κ3) is 6.03. The number of carbonyl (C=O) groups is 1. The molecule has 0 atom stereocenters. The molecule has 1 fully saturated rings. The molecule has 0 aromatic rings. The molecule has 1 rings (SSSR count). The van der Waals surface area contributed by atoms with Gasteiger partial charge in [-0.15, -0.1) is 0 Å². The molecule has 0 unspecified atom stereocenters. The Labute approximate surface area is 105 Å². The maximum atomic E-state index is 11.6. The van der Waals surface area contributed by atoms with Gasteiger partial charge in [0.15, 0.2) is 0 Å². The number of amides is 1. The molecule has 0 aromatic heterocycles. The van der Waals surface area contributed by atoms with E-state index in [9.17, 15) is 4.79 Å². The maximum Gasteiger partial charge on any atom is 0.220 e. The van der Waals surface area contributed by atoms with Crippen LogP contribution >= 0.6 is 0 Å². The summed E-state index contributed by atoms with van der Waals surface area (Å²) in [5, 5.41) is 3.13. The molecular weight excluding hydrogens is 216 g/mol. The largest absolute Gasteiger partial charge is 0.383 e. The normalized spacial score (nSPS) is 18.2. The molecule has 0 spiro atoms. The van der Waals surface area contributed by atoms with Crippen molar-refractivity contribution in [2.45, 2.75) is 45.1 Å². The molecular formula is C13H26N2O2. The molecule has 4 nitrogen and oxygen atoms in total. The molecule has 1 aliphatic heterocycles. The summed E-state index contributed by atoms with van der Waals surface area (Å²) in [6, 6.07) is 0.387. The van der Waals surface area contributed by atoms with E-state index in [0.29, 0.717) is 12.5 Å². The average Bonchev–Trinajstić information content (AvgIpc) is 2.35. The fourth-order valence-electron chi connectivity index (χ4n) is 2.16. The molecule has 1 saturated heterocycles. The molecule has 1 heterocycles. The van der Waals surface area contributed by atoms with Crippen molar-refractivity contribution in [3.8, 4) is 0 Å². The molecule has 17 heavy (non-hydrogen) atoms. The lowest BCUT2D eigenvalue weighted by molar-refractivity contribution is -0.122. The van der Waals surface area contributed by atoms with E-state index in [1.165, 1.54) is 0 Å². The number of likely N-dealkylation sites (tertiary alicyclic amines) is 1. The number of piperidine rings is 1. The van der Waals surface area contributed by atoms with Crippen molar-refractivity contribution in [3.63, 3.8) is 0 Å². The number of ether oxygens (including phenoxy) is 1. The van der Waals surface area contributed by atoms with Gasteiger partial charge in [-0.25, -0.2) is 0 Å². The molecule has 0 saturated carbocycles. The zero-order valence-corrected chi connectivity index (χ0v) is 11.2. The van der Waals surface area contributed by atoms with Gasteiger partial charge < -0.3 is 15.0 Å². The second-order valence-corrected chi connectivity index (χ2v) is 4.78. The summed E-state index contributed by atoms with van der Waals surface area (Å²) in [6.07, 6.45) is 4.91. The summed E-state index contributed by atoms with van der Waals surface area (Å²) >= 11 is 0. The molecule has 0 aliphatic carbocycles. The highest BCUT2D eigenvalue weighted by Crippen LogP contribution is 2.10. The standard InChI is InChI=1S/C13H26N2O2/c1-3-4-5-13(16)14-12-6-8-15(9-7-12)10-11-17-2/h12H,3-11H2,1-2H3,(H,14,16). The van der Waals surface area contributed by atoms with Crippen LogP contribution in [0.15, 0.2) is 0 Å². The van der Waals surface area contributed by atoms with Gasteiger partial charge >= 0.3 is 0 Å². The quantitative estimate of drug-likeness (QED) is 0.734. The van der Waals surface area contributed by atoms with Crippen LogP contribution in [0, 0.1) is 0 Å². The van der Waals surface area contributed by atoms with Crippen molar-refractivity contribution in [1.29, 1.82) is 0 Å². The van der Waals surface area contributed by atoms with E-state index in [-0.39, 0.29) is 5.91 Å². The van der Waals surface area contributed by atoms with Gasteiger partial charge in [0.1, 0.15) is 0 Å². The lowest BCUT2D eigenvalue weighted by atomic mass is 10.0. The fraction of sp³-hybridized carbons (Fsp3) is 0.923. The van der Waals surface area contributed by atoms with E-state index < -0.39 is 0 Å². The van der Waals surface area contributed by atoms with Crippen LogP contribution in [0.2, 0.25) is 0 Å². The van der Waals surface area contributed by atoms with Crippen molar-refractivity contribution in [2.24, 2.45) is 0 Å². The zero-order chi connectivity index (χ0) is 12.5. The van der Waals surface area contributed by atoms with E-state index in [1.807, 2.05) is 0 Å². The van der Waals surface area contributed by atoms with Crippen molar-refractivity contribution < 1.29 is 9.53 Å². The number of hydrogen-bond acceptors (Lipinski definition) is 3. The fourth-order valence-corrected chi connectivity index (χ4v) is 2.16. The summed E-state index contributed by atoms with van der Waals surface area (Å²) in [6.45, 7) is 6.06. The number of hydrogen-bond donors (Lipinski definition) is 1. The Morgan fingerprint density at radius 2 is 2.12 bits per heavy atom. The van der Waals surface area contributed by atoms with E-state index in [2.05, 4.69) is 17.1 Å². The van der Waals surface area contributed by atoms with Crippen LogP contribution in [0.5, 0.6) is 0 Å². The highest BCUT2D eigenvalue weighted by molar-refractivity contribution is 5.76. The van der Waals surface area contributed by atoms with Gasteiger partial charge in [0.25, 0.3) is 0 Å². The minimum Gasteiger partial charge on any atom is -0.383 e. The van der Waals surface area contributed by atoms with Crippen LogP contribution in [0.1, 0.15) is 39.0 Å². The highest BCUT2D eigenvalue weighted by atomic mass is 16.5. The Kier molecular flexibility index (Phi) is 7.21. The average molecular weight is 242 g/mol. The molecule has 1 aliphatic rings. The first kappa shape index (κ1) is 14.5. The molecule has 4 heteroatoms. The summed E-state index contributed by atoms with van der Waals surface area (Å²) in [5.41, 5.74) is 0. The van der Waals surface area contributed by atoms with Crippen molar-refractivity contribution >= 4 is 5.91 Å². The van der Waals surface area contributed by atoms with Crippen LogP contribution in [-0.2, 0) is 9.53 Å². The lowest BCUT2D eigenvalue weighted by Gasteiger charge is -2.32. The monoisotopic (exact) mass is 242 g/mol. The Balaban J connectivity index is 2.12. The predicted molar refractivity (Wildman–Crippen MR) is 69.0 cm³/mol. The van der Waals surface area contributed by atoms with Gasteiger partial charge in [-0.1, -0.05) is 13.3 Å². The van der Waals surface area contributed by atoms with Crippen LogP contribution in [0.25, 0.3) is 0 Å². The van der Waals surface area contributed by atoms with Crippen molar-refractivity contribution in [3.05, 3.63) is 0 Å². The molecule has 0 radical (unpaired) electrons. The predicted octanol–water partition coefficient (Wildman–Crippen LogP) is 1.40. The molecule has 1 N–H and O–H groups in total. The minimum atomic E-state index is 0.224. The van der Waals surface area contributed by atoms with Gasteiger partial charge in [-0.2, -0.15) is 0 Å². The molecule has 0 bridgehead atoms. The smallest absolute Gasteiger partial charge is 0.220 e. The Hall–Kier alpha value is -0.610. The summed E-state index contributed by atoms with van der Waals surface area (Å²) < 4.78 is 5.07. The van der Waals surface area contributed by atoms with E-state index in [0.717, 1.165) is 51.9 Å². The van der Waals surface area contributed by atoms with Crippen LogP contribution in [0.3, 0.4) is 0 Å². The summed E-state index contributed by atoms with van der Waals surface area (Å²) in [4.78, 5) is 14.0. The van der Waals surface area contributed by atoms with Crippen molar-refractivity contribution in [1.82, 2.24) is 10.2 Å². The number of methoxy groups -OCH3 is 1. The summed E-state index contributed by atoms with van der Waals surface area (Å²) in [5.74, 6) is 0.224. The Morgan fingerprint density at radius 1 is 1.41 bits per heavy atom. The van der Waals surface area contributed by atoms with E-state index in [4.69, 9.17) is 4.74 Å². The van der Waals surface area contributed by atoms with E-state index >= 15 is 0 Å². The second-order valence-electron chi connectivity index (χ2n) is 4.78. The molecule has 0 aromatic carbocycles. The third-order valence-electron chi connectivity index (χ3n) is 3.32. The molecule has 100 valence electrons. The number of nitrogens with one attached hydrogen (secondary N) is 1. The number of nitrogens with zero attached hydrogens (tertiary/aromatic N) is 1. The van der Waals surface area contributed by atoms with Crippen molar-refractivity contribution in [2.75, 3.05) is 33.4 Å². The lowest BCUT2D eigenvalue weighted by Crippen LogP contribution is -2.45. The van der Waals surface area contributed by atoms with Gasteiger partial charge in [-0.3, -0.25) is 4.79 Å². The third-order valence-corrected chi connectivity index (χ3v) is 3.32. The van der Waals surface area contributed by atoms with Gasteiger partial charge in [0, 0.05) is 39.2 Å². The number of rotatable bonds is 7. The highest BCUT2D eigenvalue weighted by Gasteiger charge is 2.19. The maximum absolute atomic E-state index is 11.6. The van der Waals surface area contributed by atoms with Crippen LogP contribution in [0.4, 0.5) is 0 Å². The van der Waals surface area contributed by atoms with Crippen LogP contribution < -0.4 is 5.32 Å². The topological polar surface area (TPSA) is 41.6 Å². The zero-order valence-electron chi connectivity index (χ0n) is 11.2. The van der Waals surface area contributed by atoms with Crippen LogP contribution in [-0.4, -0.2) is 50.2 Å². The van der Waals surface area contributed by atoms with Gasteiger partial charge in [-0.05, 0) is 19.3 Å². The summed E-state index contributed by atoms with van der Waals surface area (Å²) in [7, 11) is 1.74. The van der Waals surface area contributed by atoms with Gasteiger partial charge in [0.2, 0.25) is 5.91 Å². The SMILES string of the molecule is CCCCC(=O)NC1CCN(CCOC)CC1. The Morgan fingerprint density at radius 3 is 2.71 bits per heavy atom. The number of carbonyl (C=O) groups excluding carboxylic acids is 1. The number of unbranched alkanes of at least 4 members (excludes halogenated alkanes) is 1. The van der Waals surface area contributed by atoms with Gasteiger partial charge in [0.05, 0.1) is 6.61 Å². The minimum absolute atomic E-state index is 0.224. The first-order chi connectivity index (χ1) is 8.26.